The van der Waals surface area contributed by atoms with Crippen LogP contribution in [0.5, 0.6) is 0 Å². The highest BCUT2D eigenvalue weighted by atomic mass is 13.8. The lowest BCUT2D eigenvalue weighted by Gasteiger charge is -1.82. The highest BCUT2D eigenvalue weighted by Crippen LogP contribution is 1.92. The Morgan fingerprint density at radius 3 is 2.50 bits per heavy atom. The van der Waals surface area contributed by atoms with Gasteiger partial charge in [-0.25, -0.2) is 0 Å². The van der Waals surface area contributed by atoms with Crippen LogP contribution in [-0.4, -0.2) is 0 Å². The van der Waals surface area contributed by atoms with Gasteiger partial charge in [-0.2, -0.15) is 0 Å². The third-order valence-corrected chi connectivity index (χ3v) is 0.926. The maximum Gasteiger partial charge on any atom is -0.0401 e. The molecule has 0 rings (SSSR count). The van der Waals surface area contributed by atoms with E-state index in [2.05, 4.69) is 0 Å². The van der Waals surface area contributed by atoms with Crippen molar-refractivity contribution >= 4 is 0 Å². The van der Waals surface area contributed by atoms with Gasteiger partial charge in [-0.1, -0.05) is 36.5 Å². The van der Waals surface area contributed by atoms with E-state index in [1.807, 2.05) is 32.1 Å². The van der Waals surface area contributed by atoms with Gasteiger partial charge >= 0.3 is 0 Å². The molecule has 0 aliphatic carbocycles. The normalized spacial score (nSPS) is 12.5. The molecule has 0 aliphatic rings. The molecule has 0 heterocycles. The molecule has 43 valence electrons. The molecule has 1 radical (unpaired) electrons. The van der Waals surface area contributed by atoms with Gasteiger partial charge < -0.3 is 0 Å². The molecule has 0 aliphatic heterocycles. The smallest absolute Gasteiger partial charge is 0.0401 e. The van der Waals surface area contributed by atoms with Gasteiger partial charge in [0.15, 0.2) is 0 Å². The van der Waals surface area contributed by atoms with E-state index in [1.165, 1.54) is 11.6 Å². The van der Waals surface area contributed by atoms with Crippen LogP contribution in [0.4, 0.5) is 0 Å². The van der Waals surface area contributed by atoms with Crippen molar-refractivity contribution in [1.29, 1.82) is 0 Å². The molecule has 0 aromatic rings. The van der Waals surface area contributed by atoms with Crippen LogP contribution >= 0.6 is 0 Å². The van der Waals surface area contributed by atoms with Gasteiger partial charge in [-0.05, 0) is 13.8 Å². The Morgan fingerprint density at radius 1 is 1.50 bits per heavy atom. The molecule has 0 N–H and O–H groups in total. The Bertz CT molecular complexity index is 116. The summed E-state index contributed by atoms with van der Waals surface area (Å²) in [6.45, 7) is 9.12. The second kappa shape index (κ2) is 4.38. The predicted molar refractivity (Wildman–Crippen MR) is 37.4 cm³/mol. The van der Waals surface area contributed by atoms with Gasteiger partial charge in [-0.3, -0.25) is 0 Å². The van der Waals surface area contributed by atoms with Crippen LogP contribution in [0.1, 0.15) is 13.8 Å². The van der Waals surface area contributed by atoms with Crippen molar-refractivity contribution in [3.05, 3.63) is 36.5 Å². The first-order valence-corrected chi connectivity index (χ1v) is 2.65. The summed E-state index contributed by atoms with van der Waals surface area (Å²) in [5.74, 6) is 0. The second-order valence-electron chi connectivity index (χ2n) is 1.58. The summed E-state index contributed by atoms with van der Waals surface area (Å²) in [7, 11) is 0. The molecule has 0 aromatic carbocycles. The summed E-state index contributed by atoms with van der Waals surface area (Å²) >= 11 is 0. The van der Waals surface area contributed by atoms with E-state index < -0.39 is 0 Å². The molecule has 0 amide bonds. The highest BCUT2D eigenvalue weighted by molar-refractivity contribution is 5.17. The van der Waals surface area contributed by atoms with Crippen LogP contribution in [0.3, 0.4) is 0 Å². The van der Waals surface area contributed by atoms with E-state index in [1.54, 1.807) is 0 Å². The number of rotatable bonds is 2. The number of hydrogen-bond donors (Lipinski definition) is 0. The van der Waals surface area contributed by atoms with Gasteiger partial charge in [0, 0.05) is 0 Å². The number of allylic oxidation sites excluding steroid dienone is 5. The molecule has 0 saturated carbocycles. The van der Waals surface area contributed by atoms with Gasteiger partial charge in [0.2, 0.25) is 0 Å². The van der Waals surface area contributed by atoms with Gasteiger partial charge in [0.05, 0.1) is 0 Å². The molecule has 0 saturated heterocycles. The topological polar surface area (TPSA) is 0 Å². The molecule has 8 heavy (non-hydrogen) atoms. The minimum Gasteiger partial charge on any atom is -0.0847 e. The summed E-state index contributed by atoms with van der Waals surface area (Å²) in [6.07, 6.45) is 7.32. The first-order chi connectivity index (χ1) is 3.81. The average Bonchev–Trinajstić information content (AvgIpc) is 1.83. The Morgan fingerprint density at radius 2 is 2.12 bits per heavy atom. The average molecular weight is 107 g/mol. The molecule has 0 atom stereocenters. The monoisotopic (exact) mass is 107 g/mol. The van der Waals surface area contributed by atoms with Crippen molar-refractivity contribution in [1.82, 2.24) is 0 Å². The summed E-state index contributed by atoms with van der Waals surface area (Å²) in [5, 5.41) is 0. The summed E-state index contributed by atoms with van der Waals surface area (Å²) < 4.78 is 0. The molecule has 0 bridgehead atoms. The largest absolute Gasteiger partial charge is 0.0847 e. The fourth-order valence-electron chi connectivity index (χ4n) is 0.304. The second-order valence-corrected chi connectivity index (χ2v) is 1.58. The lowest BCUT2D eigenvalue weighted by Crippen LogP contribution is -1.61. The van der Waals surface area contributed by atoms with Gasteiger partial charge in [0.25, 0.3) is 0 Å². The van der Waals surface area contributed by atoms with E-state index in [4.69, 9.17) is 6.58 Å². The molecule has 0 heteroatoms. The SMILES string of the molecule is [CH]=CC=CC(C)=CC. The minimum atomic E-state index is 1.23. The maximum atomic E-state index is 5.09. The van der Waals surface area contributed by atoms with Crippen LogP contribution < -0.4 is 0 Å². The van der Waals surface area contributed by atoms with Crippen LogP contribution in [0.25, 0.3) is 0 Å². The molecule has 0 nitrogen and oxygen atoms in total. The van der Waals surface area contributed by atoms with Gasteiger partial charge in [-0.15, -0.1) is 0 Å². The summed E-state index contributed by atoms with van der Waals surface area (Å²) in [5.41, 5.74) is 1.23. The van der Waals surface area contributed by atoms with E-state index in [0.717, 1.165) is 0 Å². The Balaban J connectivity index is 3.69. The van der Waals surface area contributed by atoms with Crippen LogP contribution in [-0.2, 0) is 0 Å². The fraction of sp³-hybridized carbons (Fsp3) is 0.250. The lowest BCUT2D eigenvalue weighted by molar-refractivity contribution is 1.48. The Hall–Kier alpha value is -0.780. The molecule has 0 aromatic heterocycles. The molecule has 0 spiro atoms. The zero-order valence-electron chi connectivity index (χ0n) is 5.39. The molecule has 0 fully saturated rings. The van der Waals surface area contributed by atoms with E-state index in [-0.39, 0.29) is 0 Å². The third kappa shape index (κ3) is 3.41. The van der Waals surface area contributed by atoms with Crippen molar-refractivity contribution < 1.29 is 0 Å². The third-order valence-electron chi connectivity index (χ3n) is 0.926. The fourth-order valence-corrected chi connectivity index (χ4v) is 0.304. The van der Waals surface area contributed by atoms with E-state index in [0.29, 0.717) is 0 Å². The predicted octanol–water partition coefficient (Wildman–Crippen LogP) is 2.50. The molecule has 0 unspecified atom stereocenters. The number of hydrogen-bond acceptors (Lipinski definition) is 0. The highest BCUT2D eigenvalue weighted by Gasteiger charge is 1.70. The quantitative estimate of drug-likeness (QED) is 0.475. The van der Waals surface area contributed by atoms with Crippen molar-refractivity contribution in [3.8, 4) is 0 Å². The Kier molecular flexibility index (Phi) is 3.95. The zero-order valence-corrected chi connectivity index (χ0v) is 5.39. The zero-order chi connectivity index (χ0) is 6.41. The van der Waals surface area contributed by atoms with Crippen molar-refractivity contribution in [3.63, 3.8) is 0 Å². The van der Waals surface area contributed by atoms with E-state index in [9.17, 15) is 0 Å². The van der Waals surface area contributed by atoms with Crippen LogP contribution in [0, 0.1) is 6.58 Å². The molecular formula is C8H11. The van der Waals surface area contributed by atoms with Crippen molar-refractivity contribution in [2.24, 2.45) is 0 Å². The standard InChI is InChI=1S/C8H11/c1-4-6-7-8(3)5-2/h1,4-7H,2-3H3. The van der Waals surface area contributed by atoms with E-state index >= 15 is 0 Å². The lowest BCUT2D eigenvalue weighted by atomic mass is 10.3. The van der Waals surface area contributed by atoms with Gasteiger partial charge in [0.1, 0.15) is 0 Å². The maximum absolute atomic E-state index is 5.09. The Labute approximate surface area is 51.2 Å². The first kappa shape index (κ1) is 7.22. The summed E-state index contributed by atoms with van der Waals surface area (Å²) in [6, 6.07) is 0. The molecular weight excluding hydrogens is 96.1 g/mol. The van der Waals surface area contributed by atoms with Crippen LogP contribution in [0.2, 0.25) is 0 Å². The summed E-state index contributed by atoms with van der Waals surface area (Å²) in [4.78, 5) is 0. The van der Waals surface area contributed by atoms with Crippen molar-refractivity contribution in [2.75, 3.05) is 0 Å². The minimum absolute atomic E-state index is 1.23. The van der Waals surface area contributed by atoms with Crippen LogP contribution in [0.15, 0.2) is 29.9 Å². The van der Waals surface area contributed by atoms with Crippen molar-refractivity contribution in [2.45, 2.75) is 13.8 Å². The first-order valence-electron chi connectivity index (χ1n) is 2.65.